The van der Waals surface area contributed by atoms with E-state index in [4.69, 9.17) is 0 Å². The van der Waals surface area contributed by atoms with Crippen LogP contribution in [0, 0.1) is 20.8 Å². The first-order valence-corrected chi connectivity index (χ1v) is 8.19. The van der Waals surface area contributed by atoms with Gasteiger partial charge in [0.15, 0.2) is 0 Å². The largest absolute Gasteiger partial charge is 0.354 e. The van der Waals surface area contributed by atoms with Gasteiger partial charge in [-0.1, -0.05) is 23.8 Å². The van der Waals surface area contributed by atoms with Crippen molar-refractivity contribution in [3.05, 3.63) is 83.2 Å². The van der Waals surface area contributed by atoms with Crippen molar-refractivity contribution in [2.45, 2.75) is 20.8 Å². The number of nitrogens with zero attached hydrogens (tertiary/aromatic N) is 1. The average Bonchev–Trinajstić information content (AvgIpc) is 2.61. The van der Waals surface area contributed by atoms with Gasteiger partial charge in [0.25, 0.3) is 5.91 Å². The van der Waals surface area contributed by atoms with Crippen LogP contribution in [-0.4, -0.2) is 10.9 Å². The van der Waals surface area contributed by atoms with Gasteiger partial charge >= 0.3 is 0 Å². The molecule has 1 heterocycles. The quantitative estimate of drug-likeness (QED) is 0.707. The number of hydrogen-bond donors (Lipinski definition) is 2. The van der Waals surface area contributed by atoms with Crippen LogP contribution >= 0.6 is 0 Å². The molecule has 2 N–H and O–H groups in total. The van der Waals surface area contributed by atoms with Crippen molar-refractivity contribution in [1.82, 2.24) is 4.98 Å². The van der Waals surface area contributed by atoms with E-state index in [0.717, 1.165) is 22.6 Å². The van der Waals surface area contributed by atoms with Crippen molar-refractivity contribution in [2.75, 3.05) is 10.6 Å². The maximum atomic E-state index is 12.3. The van der Waals surface area contributed by atoms with Crippen molar-refractivity contribution in [3.63, 3.8) is 0 Å². The summed E-state index contributed by atoms with van der Waals surface area (Å²) in [7, 11) is 0. The lowest BCUT2D eigenvalue weighted by molar-refractivity contribution is 0.102. The molecule has 0 unspecified atom stereocenters. The number of rotatable bonds is 4. The second-order valence-electron chi connectivity index (χ2n) is 6.18. The molecule has 4 nitrogen and oxygen atoms in total. The molecule has 3 rings (SSSR count). The Morgan fingerprint density at radius 1 is 0.800 bits per heavy atom. The van der Waals surface area contributed by atoms with Gasteiger partial charge in [0.05, 0.1) is 11.9 Å². The minimum Gasteiger partial charge on any atom is -0.354 e. The zero-order valence-electron chi connectivity index (χ0n) is 14.6. The summed E-state index contributed by atoms with van der Waals surface area (Å²) in [6.07, 6.45) is 1.66. The molecule has 0 saturated heterocycles. The molecule has 0 spiro atoms. The predicted molar refractivity (Wildman–Crippen MR) is 103 cm³/mol. The molecule has 126 valence electrons. The molecular formula is C21H21N3O. The number of carbonyl (C=O) groups excluding carboxylic acids is 1. The van der Waals surface area contributed by atoms with Crippen LogP contribution in [-0.2, 0) is 0 Å². The van der Waals surface area contributed by atoms with E-state index < -0.39 is 0 Å². The van der Waals surface area contributed by atoms with Crippen LogP contribution < -0.4 is 10.6 Å². The Labute approximate surface area is 147 Å². The predicted octanol–water partition coefficient (Wildman–Crippen LogP) is 5.00. The summed E-state index contributed by atoms with van der Waals surface area (Å²) < 4.78 is 0. The monoisotopic (exact) mass is 331 g/mol. The molecule has 4 heteroatoms. The number of nitrogens with one attached hydrogen (secondary N) is 2. The minimum absolute atomic E-state index is 0.217. The van der Waals surface area contributed by atoms with Crippen LogP contribution in [0.1, 0.15) is 27.2 Å². The number of benzene rings is 2. The molecule has 2 aromatic carbocycles. The SMILES string of the molecule is Cc1ccc(Nc2ccc(C(=O)Nc3ccc(C)c(C)c3)nc2)cc1. The molecule has 1 amide bonds. The Morgan fingerprint density at radius 3 is 2.12 bits per heavy atom. The van der Waals surface area contributed by atoms with Crippen LogP contribution in [0.25, 0.3) is 0 Å². The molecular weight excluding hydrogens is 310 g/mol. The van der Waals surface area contributed by atoms with E-state index in [9.17, 15) is 4.79 Å². The number of anilines is 3. The zero-order chi connectivity index (χ0) is 17.8. The molecule has 0 aliphatic rings. The summed E-state index contributed by atoms with van der Waals surface area (Å²) in [5.74, 6) is -0.217. The van der Waals surface area contributed by atoms with Gasteiger partial charge in [-0.05, 0) is 68.3 Å². The Hall–Kier alpha value is -3.14. The van der Waals surface area contributed by atoms with E-state index in [-0.39, 0.29) is 5.91 Å². The zero-order valence-corrected chi connectivity index (χ0v) is 14.6. The standard InChI is InChI=1S/C21H21N3O/c1-14-4-7-17(8-5-14)23-19-10-11-20(22-13-19)21(25)24-18-9-6-15(2)16(3)12-18/h4-13,23H,1-3H3,(H,24,25). The van der Waals surface area contributed by atoms with Crippen molar-refractivity contribution >= 4 is 23.0 Å². The van der Waals surface area contributed by atoms with Gasteiger partial charge in [-0.15, -0.1) is 0 Å². The van der Waals surface area contributed by atoms with Crippen LogP contribution in [0.4, 0.5) is 17.1 Å². The Kier molecular flexibility index (Phi) is 4.80. The number of hydrogen-bond acceptors (Lipinski definition) is 3. The van der Waals surface area contributed by atoms with E-state index in [2.05, 4.69) is 15.6 Å². The maximum Gasteiger partial charge on any atom is 0.274 e. The maximum absolute atomic E-state index is 12.3. The van der Waals surface area contributed by atoms with Crippen LogP contribution in [0.5, 0.6) is 0 Å². The minimum atomic E-state index is -0.217. The van der Waals surface area contributed by atoms with E-state index in [0.29, 0.717) is 5.69 Å². The summed E-state index contributed by atoms with van der Waals surface area (Å²) in [5, 5.41) is 6.15. The summed E-state index contributed by atoms with van der Waals surface area (Å²) in [6.45, 7) is 6.12. The third-order valence-electron chi connectivity index (χ3n) is 4.10. The first kappa shape index (κ1) is 16.7. The van der Waals surface area contributed by atoms with E-state index in [1.807, 2.05) is 69.3 Å². The first-order valence-electron chi connectivity index (χ1n) is 8.19. The lowest BCUT2D eigenvalue weighted by Gasteiger charge is -2.09. The fourth-order valence-electron chi connectivity index (χ4n) is 2.42. The molecule has 0 atom stereocenters. The second-order valence-corrected chi connectivity index (χ2v) is 6.18. The Balaban J connectivity index is 1.67. The fourth-order valence-corrected chi connectivity index (χ4v) is 2.42. The van der Waals surface area contributed by atoms with Gasteiger partial charge < -0.3 is 10.6 Å². The first-order chi connectivity index (χ1) is 12.0. The molecule has 0 radical (unpaired) electrons. The third-order valence-corrected chi connectivity index (χ3v) is 4.10. The third kappa shape index (κ3) is 4.23. The molecule has 0 aliphatic heterocycles. The van der Waals surface area contributed by atoms with Gasteiger partial charge in [-0.3, -0.25) is 4.79 Å². The highest BCUT2D eigenvalue weighted by atomic mass is 16.1. The summed E-state index contributed by atoms with van der Waals surface area (Å²) in [6, 6.07) is 17.5. The van der Waals surface area contributed by atoms with E-state index >= 15 is 0 Å². The number of amides is 1. The summed E-state index contributed by atoms with van der Waals surface area (Å²) in [5.41, 5.74) is 6.53. The number of pyridine rings is 1. The molecule has 0 bridgehead atoms. The van der Waals surface area contributed by atoms with Crippen molar-refractivity contribution in [2.24, 2.45) is 0 Å². The molecule has 3 aromatic rings. The smallest absolute Gasteiger partial charge is 0.274 e. The average molecular weight is 331 g/mol. The van der Waals surface area contributed by atoms with Crippen LogP contribution in [0.15, 0.2) is 60.8 Å². The number of carbonyl (C=O) groups is 1. The topological polar surface area (TPSA) is 54.0 Å². The highest BCUT2D eigenvalue weighted by molar-refractivity contribution is 6.03. The second kappa shape index (κ2) is 7.18. The van der Waals surface area contributed by atoms with Gasteiger partial charge in [-0.2, -0.15) is 0 Å². The van der Waals surface area contributed by atoms with Crippen molar-refractivity contribution in [1.29, 1.82) is 0 Å². The molecule has 0 aliphatic carbocycles. The Bertz CT molecular complexity index is 884. The summed E-state index contributed by atoms with van der Waals surface area (Å²) >= 11 is 0. The number of aryl methyl sites for hydroxylation is 3. The lowest BCUT2D eigenvalue weighted by Crippen LogP contribution is -2.13. The molecule has 0 saturated carbocycles. The van der Waals surface area contributed by atoms with Gasteiger partial charge in [0.2, 0.25) is 0 Å². The van der Waals surface area contributed by atoms with Crippen molar-refractivity contribution in [3.8, 4) is 0 Å². The molecule has 25 heavy (non-hydrogen) atoms. The van der Waals surface area contributed by atoms with Crippen LogP contribution in [0.2, 0.25) is 0 Å². The van der Waals surface area contributed by atoms with Crippen molar-refractivity contribution < 1.29 is 4.79 Å². The normalized spacial score (nSPS) is 10.4. The van der Waals surface area contributed by atoms with E-state index in [1.54, 1.807) is 12.3 Å². The van der Waals surface area contributed by atoms with Gasteiger partial charge in [0, 0.05) is 11.4 Å². The lowest BCUT2D eigenvalue weighted by atomic mass is 10.1. The van der Waals surface area contributed by atoms with Gasteiger partial charge in [0.1, 0.15) is 5.69 Å². The van der Waals surface area contributed by atoms with E-state index in [1.165, 1.54) is 11.1 Å². The highest BCUT2D eigenvalue weighted by Crippen LogP contribution is 2.18. The highest BCUT2D eigenvalue weighted by Gasteiger charge is 2.08. The summed E-state index contributed by atoms with van der Waals surface area (Å²) in [4.78, 5) is 16.6. The molecule has 0 fully saturated rings. The van der Waals surface area contributed by atoms with Gasteiger partial charge in [-0.25, -0.2) is 4.98 Å². The number of aromatic nitrogens is 1. The molecule has 1 aromatic heterocycles. The van der Waals surface area contributed by atoms with Crippen LogP contribution in [0.3, 0.4) is 0 Å². The Morgan fingerprint density at radius 2 is 1.48 bits per heavy atom. The fraction of sp³-hybridized carbons (Fsp3) is 0.143.